The molecule has 0 spiro atoms. The molecule has 1 aliphatic heterocycles. The second-order valence-electron chi connectivity index (χ2n) is 5.52. The van der Waals surface area contributed by atoms with Crippen LogP contribution in [0.4, 0.5) is 5.69 Å². The van der Waals surface area contributed by atoms with Crippen LogP contribution in [-0.4, -0.2) is 30.9 Å². The summed E-state index contributed by atoms with van der Waals surface area (Å²) in [5.41, 5.74) is 7.42. The third-order valence-corrected chi connectivity index (χ3v) is 3.98. The first-order valence-corrected chi connectivity index (χ1v) is 7.66. The average molecular weight is 321 g/mol. The van der Waals surface area contributed by atoms with Gasteiger partial charge in [0.15, 0.2) is 0 Å². The Hall–Kier alpha value is -3.20. The van der Waals surface area contributed by atoms with Crippen molar-refractivity contribution in [3.63, 3.8) is 0 Å². The number of nitriles is 1. The zero-order valence-electron chi connectivity index (χ0n) is 13.7. The van der Waals surface area contributed by atoms with Crippen LogP contribution in [0.15, 0.2) is 59.0 Å². The molecule has 1 aromatic carbocycles. The second-order valence-corrected chi connectivity index (χ2v) is 5.52. The highest BCUT2D eigenvalue weighted by atomic mass is 16.5. The molecule has 0 saturated heterocycles. The van der Waals surface area contributed by atoms with Gasteiger partial charge in [0.2, 0.25) is 0 Å². The molecule has 0 radical (unpaired) electrons. The third-order valence-electron chi connectivity index (χ3n) is 3.98. The Balaban J connectivity index is 1.71. The monoisotopic (exact) mass is 321 g/mol. The number of ether oxygens (including phenoxy) is 1. The Labute approximate surface area is 141 Å². The van der Waals surface area contributed by atoms with Crippen LogP contribution in [0, 0.1) is 11.3 Å². The number of H-pyrrole nitrogens is 1. The number of benzene rings is 1. The van der Waals surface area contributed by atoms with E-state index in [4.69, 9.17) is 4.74 Å². The van der Waals surface area contributed by atoms with E-state index in [0.29, 0.717) is 18.7 Å². The molecular formula is C18H19N5O. The highest BCUT2D eigenvalue weighted by Gasteiger charge is 2.22. The van der Waals surface area contributed by atoms with Crippen LogP contribution in [0.25, 0.3) is 0 Å². The number of nitrogens with one attached hydrogen (secondary N) is 2. The molecule has 24 heavy (non-hydrogen) atoms. The Kier molecular flexibility index (Phi) is 4.52. The van der Waals surface area contributed by atoms with Crippen LogP contribution >= 0.6 is 0 Å². The summed E-state index contributed by atoms with van der Waals surface area (Å²) in [4.78, 5) is 5.23. The maximum absolute atomic E-state index is 9.38. The SMILES string of the molecule is COc1ccc(N2CC(C#N)=C(NN=C(C)c3ccc[nH]3)C2)cc1. The summed E-state index contributed by atoms with van der Waals surface area (Å²) in [5.74, 6) is 0.816. The molecule has 0 aliphatic carbocycles. The summed E-state index contributed by atoms with van der Waals surface area (Å²) in [6.07, 6.45) is 1.86. The number of hydrogen-bond donors (Lipinski definition) is 2. The van der Waals surface area contributed by atoms with Gasteiger partial charge in [0.05, 0.1) is 48.9 Å². The number of hydrogen-bond acceptors (Lipinski definition) is 5. The number of methoxy groups -OCH3 is 1. The van der Waals surface area contributed by atoms with Crippen molar-refractivity contribution in [1.82, 2.24) is 10.4 Å². The minimum absolute atomic E-state index is 0.572. The lowest BCUT2D eigenvalue weighted by atomic mass is 10.2. The van der Waals surface area contributed by atoms with E-state index in [1.54, 1.807) is 7.11 Å². The van der Waals surface area contributed by atoms with Gasteiger partial charge in [0.1, 0.15) is 5.75 Å². The number of aromatic amines is 1. The molecule has 2 aromatic rings. The third kappa shape index (κ3) is 3.25. The van der Waals surface area contributed by atoms with Gasteiger partial charge >= 0.3 is 0 Å². The minimum Gasteiger partial charge on any atom is -0.497 e. The summed E-state index contributed by atoms with van der Waals surface area (Å²) in [7, 11) is 1.65. The molecule has 0 amide bonds. The molecule has 0 atom stereocenters. The van der Waals surface area contributed by atoms with Crippen LogP contribution < -0.4 is 15.1 Å². The molecule has 122 valence electrons. The van der Waals surface area contributed by atoms with Gasteiger partial charge in [-0.1, -0.05) is 0 Å². The zero-order valence-corrected chi connectivity index (χ0v) is 13.7. The number of anilines is 1. The first kappa shape index (κ1) is 15.7. The Morgan fingerprint density at radius 1 is 1.29 bits per heavy atom. The maximum atomic E-state index is 9.38. The van der Waals surface area contributed by atoms with Crippen molar-refractivity contribution in [1.29, 1.82) is 5.26 Å². The minimum atomic E-state index is 0.572. The lowest BCUT2D eigenvalue weighted by molar-refractivity contribution is 0.415. The summed E-state index contributed by atoms with van der Waals surface area (Å²) < 4.78 is 5.18. The highest BCUT2D eigenvalue weighted by molar-refractivity contribution is 5.96. The predicted octanol–water partition coefficient (Wildman–Crippen LogP) is 2.63. The van der Waals surface area contributed by atoms with Crippen molar-refractivity contribution in [3.8, 4) is 11.8 Å². The van der Waals surface area contributed by atoms with E-state index in [1.165, 1.54) is 0 Å². The van der Waals surface area contributed by atoms with Crippen LogP contribution in [-0.2, 0) is 0 Å². The van der Waals surface area contributed by atoms with E-state index in [0.717, 1.165) is 28.5 Å². The lowest BCUT2D eigenvalue weighted by Crippen LogP contribution is -2.22. The Morgan fingerprint density at radius 3 is 2.71 bits per heavy atom. The van der Waals surface area contributed by atoms with Gasteiger partial charge in [-0.25, -0.2) is 0 Å². The fourth-order valence-electron chi connectivity index (χ4n) is 2.58. The topological polar surface area (TPSA) is 76.4 Å². The van der Waals surface area contributed by atoms with Gasteiger partial charge in [-0.15, -0.1) is 0 Å². The van der Waals surface area contributed by atoms with Crippen molar-refractivity contribution < 1.29 is 4.74 Å². The van der Waals surface area contributed by atoms with Crippen LogP contribution in [0.1, 0.15) is 12.6 Å². The van der Waals surface area contributed by atoms with E-state index >= 15 is 0 Å². The molecule has 0 unspecified atom stereocenters. The highest BCUT2D eigenvalue weighted by Crippen LogP contribution is 2.25. The fraction of sp³-hybridized carbons (Fsp3) is 0.222. The first-order valence-electron chi connectivity index (χ1n) is 7.66. The van der Waals surface area contributed by atoms with Gasteiger partial charge in [-0.2, -0.15) is 10.4 Å². The lowest BCUT2D eigenvalue weighted by Gasteiger charge is -2.18. The van der Waals surface area contributed by atoms with Gasteiger partial charge < -0.3 is 14.6 Å². The van der Waals surface area contributed by atoms with Crippen LogP contribution in [0.3, 0.4) is 0 Å². The molecule has 2 N–H and O–H groups in total. The molecule has 1 aromatic heterocycles. The van der Waals surface area contributed by atoms with E-state index in [9.17, 15) is 5.26 Å². The van der Waals surface area contributed by atoms with E-state index < -0.39 is 0 Å². The van der Waals surface area contributed by atoms with Crippen molar-refractivity contribution >= 4 is 11.4 Å². The molecule has 3 rings (SSSR count). The van der Waals surface area contributed by atoms with Gasteiger partial charge in [0.25, 0.3) is 0 Å². The molecule has 6 heteroatoms. The van der Waals surface area contributed by atoms with E-state index in [-0.39, 0.29) is 0 Å². The maximum Gasteiger partial charge on any atom is 0.119 e. The number of aromatic nitrogens is 1. The quantitative estimate of drug-likeness (QED) is 0.655. The summed E-state index contributed by atoms with van der Waals surface area (Å²) in [6, 6.07) is 14.0. The van der Waals surface area contributed by atoms with E-state index in [1.807, 2.05) is 49.5 Å². The number of rotatable bonds is 5. The summed E-state index contributed by atoms with van der Waals surface area (Å²) in [6.45, 7) is 3.11. The van der Waals surface area contributed by atoms with Crippen molar-refractivity contribution in [2.75, 3.05) is 25.1 Å². The molecule has 0 fully saturated rings. The molecule has 0 bridgehead atoms. The normalized spacial score (nSPS) is 14.7. The Morgan fingerprint density at radius 2 is 2.08 bits per heavy atom. The summed E-state index contributed by atoms with van der Waals surface area (Å²) >= 11 is 0. The smallest absolute Gasteiger partial charge is 0.119 e. The molecular weight excluding hydrogens is 302 g/mol. The Bertz CT molecular complexity index is 797. The molecule has 0 saturated carbocycles. The first-order chi connectivity index (χ1) is 11.7. The van der Waals surface area contributed by atoms with Crippen LogP contribution in [0.2, 0.25) is 0 Å². The standard InChI is InChI=1S/C18H19N5O/c1-13(17-4-3-9-20-17)21-22-18-12-23(11-14(18)10-19)15-5-7-16(24-2)8-6-15/h3-9,20,22H,11-12H2,1-2H3. The fourth-order valence-corrected chi connectivity index (χ4v) is 2.58. The van der Waals surface area contributed by atoms with Crippen LogP contribution in [0.5, 0.6) is 5.75 Å². The number of hydrazone groups is 1. The van der Waals surface area contributed by atoms with Gasteiger partial charge in [-0.3, -0.25) is 5.43 Å². The predicted molar refractivity (Wildman–Crippen MR) is 94.0 cm³/mol. The molecule has 1 aliphatic rings. The van der Waals surface area contributed by atoms with Gasteiger partial charge in [0, 0.05) is 11.9 Å². The largest absolute Gasteiger partial charge is 0.497 e. The molecule has 6 nitrogen and oxygen atoms in total. The van der Waals surface area contributed by atoms with Crippen molar-refractivity contribution in [3.05, 3.63) is 59.6 Å². The zero-order chi connectivity index (χ0) is 16.9. The van der Waals surface area contributed by atoms with Crippen molar-refractivity contribution in [2.24, 2.45) is 5.10 Å². The summed E-state index contributed by atoms with van der Waals surface area (Å²) in [5, 5.41) is 13.8. The number of nitrogens with zero attached hydrogens (tertiary/aromatic N) is 3. The van der Waals surface area contributed by atoms with E-state index in [2.05, 4.69) is 26.5 Å². The van der Waals surface area contributed by atoms with Crippen molar-refractivity contribution in [2.45, 2.75) is 6.92 Å². The van der Waals surface area contributed by atoms with Gasteiger partial charge in [-0.05, 0) is 43.3 Å². The second kappa shape index (κ2) is 6.92. The molecule has 2 heterocycles. The average Bonchev–Trinajstić information content (AvgIpc) is 3.29.